The largest absolute Gasteiger partial charge is 0.452 e. The van der Waals surface area contributed by atoms with Crippen LogP contribution in [0.3, 0.4) is 0 Å². The molecule has 2 aromatic carbocycles. The van der Waals surface area contributed by atoms with Crippen LogP contribution in [0.25, 0.3) is 0 Å². The minimum absolute atomic E-state index is 0.0445. The van der Waals surface area contributed by atoms with E-state index in [1.165, 1.54) is 36.4 Å². The summed E-state index contributed by atoms with van der Waals surface area (Å²) in [6.45, 7) is -0.538. The summed E-state index contributed by atoms with van der Waals surface area (Å²) >= 11 is 11.3. The number of benzene rings is 2. The average molecular weight is 342 g/mol. The molecule has 2 rings (SSSR count). The van der Waals surface area contributed by atoms with Crippen LogP contribution in [0.15, 0.2) is 42.5 Å². The van der Waals surface area contributed by atoms with Crippen LogP contribution in [-0.4, -0.2) is 18.5 Å². The summed E-state index contributed by atoms with van der Waals surface area (Å²) in [5.41, 5.74) is 0.215. The fraction of sp³-hybridized carbons (Fsp3) is 0.0667. The number of amides is 1. The summed E-state index contributed by atoms with van der Waals surface area (Å²) in [5, 5.41) is 2.97. The number of esters is 1. The lowest BCUT2D eigenvalue weighted by atomic mass is 10.2. The molecule has 0 spiro atoms. The lowest BCUT2D eigenvalue weighted by Gasteiger charge is -2.07. The maximum atomic E-state index is 13.5. The number of carbonyl (C=O) groups is 2. The Bertz CT molecular complexity index is 704. The van der Waals surface area contributed by atoms with Gasteiger partial charge >= 0.3 is 5.97 Å². The molecule has 7 heteroatoms. The zero-order valence-electron chi connectivity index (χ0n) is 11.1. The second-order valence-electron chi connectivity index (χ2n) is 4.26. The van der Waals surface area contributed by atoms with Gasteiger partial charge in [0.15, 0.2) is 6.61 Å². The lowest BCUT2D eigenvalue weighted by molar-refractivity contribution is -0.119. The van der Waals surface area contributed by atoms with E-state index < -0.39 is 24.3 Å². The highest BCUT2D eigenvalue weighted by Gasteiger charge is 2.12. The van der Waals surface area contributed by atoms with Gasteiger partial charge in [-0.2, -0.15) is 0 Å². The Labute approximate surface area is 135 Å². The summed E-state index contributed by atoms with van der Waals surface area (Å²) in [4.78, 5) is 23.3. The number of halogens is 3. The van der Waals surface area contributed by atoms with E-state index in [0.717, 1.165) is 6.07 Å². The Hall–Kier alpha value is -2.11. The van der Waals surface area contributed by atoms with Crippen molar-refractivity contribution in [1.82, 2.24) is 0 Å². The van der Waals surface area contributed by atoms with Gasteiger partial charge in [0.05, 0.1) is 11.3 Å². The van der Waals surface area contributed by atoms with Crippen molar-refractivity contribution in [2.75, 3.05) is 11.9 Å². The second-order valence-corrected chi connectivity index (χ2v) is 5.13. The van der Waals surface area contributed by atoms with Crippen molar-refractivity contribution in [3.05, 3.63) is 63.9 Å². The van der Waals surface area contributed by atoms with Crippen molar-refractivity contribution in [2.24, 2.45) is 0 Å². The smallest absolute Gasteiger partial charge is 0.338 e. The van der Waals surface area contributed by atoms with Crippen LogP contribution in [0, 0.1) is 5.82 Å². The molecule has 0 saturated heterocycles. The number of hydrogen-bond donors (Lipinski definition) is 1. The molecule has 2 aromatic rings. The van der Waals surface area contributed by atoms with Gasteiger partial charge in [0.2, 0.25) is 0 Å². The van der Waals surface area contributed by atoms with Gasteiger partial charge in [-0.25, -0.2) is 9.18 Å². The fourth-order valence-electron chi connectivity index (χ4n) is 1.58. The van der Waals surface area contributed by atoms with Crippen LogP contribution in [0.5, 0.6) is 0 Å². The predicted octanol–water partition coefficient (Wildman–Crippen LogP) is 3.93. The molecule has 0 heterocycles. The van der Waals surface area contributed by atoms with Crippen molar-refractivity contribution in [2.45, 2.75) is 0 Å². The van der Waals surface area contributed by atoms with E-state index >= 15 is 0 Å². The summed E-state index contributed by atoms with van der Waals surface area (Å²) in [6.07, 6.45) is 0. The first-order valence-corrected chi connectivity index (χ1v) is 6.89. The third kappa shape index (κ3) is 4.44. The summed E-state index contributed by atoms with van der Waals surface area (Å²) < 4.78 is 18.3. The van der Waals surface area contributed by atoms with Crippen LogP contribution in [0.4, 0.5) is 10.1 Å². The van der Waals surface area contributed by atoms with Crippen molar-refractivity contribution in [3.63, 3.8) is 0 Å². The van der Waals surface area contributed by atoms with Crippen molar-refractivity contribution < 1.29 is 18.7 Å². The number of anilines is 1. The minimum atomic E-state index is -0.677. The molecule has 0 aliphatic carbocycles. The van der Waals surface area contributed by atoms with Gasteiger partial charge in [0.1, 0.15) is 5.82 Å². The van der Waals surface area contributed by atoms with Gasteiger partial charge in [-0.3, -0.25) is 4.79 Å². The molecular formula is C15H10Cl2FNO3. The Morgan fingerprint density at radius 2 is 1.68 bits per heavy atom. The quantitative estimate of drug-likeness (QED) is 0.857. The third-order valence-electron chi connectivity index (χ3n) is 2.62. The highest BCUT2D eigenvalue weighted by atomic mass is 35.5. The molecule has 1 amide bonds. The number of hydrogen-bond acceptors (Lipinski definition) is 3. The Kier molecular flexibility index (Phi) is 5.35. The molecule has 0 unspecified atom stereocenters. The predicted molar refractivity (Wildman–Crippen MR) is 81.8 cm³/mol. The number of rotatable bonds is 4. The average Bonchev–Trinajstić information content (AvgIpc) is 2.48. The Morgan fingerprint density at radius 1 is 1.05 bits per heavy atom. The van der Waals surface area contributed by atoms with Crippen molar-refractivity contribution in [3.8, 4) is 0 Å². The van der Waals surface area contributed by atoms with Gasteiger partial charge in [0, 0.05) is 10.0 Å². The van der Waals surface area contributed by atoms with E-state index in [4.69, 9.17) is 27.9 Å². The van der Waals surface area contributed by atoms with Gasteiger partial charge in [-0.1, -0.05) is 23.2 Å². The fourth-order valence-corrected chi connectivity index (χ4v) is 1.86. The van der Waals surface area contributed by atoms with E-state index in [9.17, 15) is 14.0 Å². The van der Waals surface area contributed by atoms with E-state index in [-0.39, 0.29) is 16.3 Å². The van der Waals surface area contributed by atoms with Crippen LogP contribution >= 0.6 is 23.2 Å². The molecule has 0 aliphatic heterocycles. The summed E-state index contributed by atoms with van der Waals surface area (Å²) in [6, 6.07) is 9.82. The molecule has 0 aromatic heterocycles. The molecular weight excluding hydrogens is 332 g/mol. The standard InChI is InChI=1S/C15H10Cl2FNO3/c16-10-3-1-9(2-4-10)15(21)22-8-14(20)19-13-6-5-11(17)7-12(13)18/h1-7H,8H2,(H,19,20). The maximum absolute atomic E-state index is 13.5. The monoisotopic (exact) mass is 341 g/mol. The lowest BCUT2D eigenvalue weighted by Crippen LogP contribution is -2.21. The summed E-state index contributed by atoms with van der Waals surface area (Å²) in [5.74, 6) is -2.02. The molecule has 4 nitrogen and oxygen atoms in total. The molecule has 22 heavy (non-hydrogen) atoms. The molecule has 0 bridgehead atoms. The van der Waals surface area contributed by atoms with E-state index in [1.807, 2.05) is 0 Å². The van der Waals surface area contributed by atoms with Crippen LogP contribution in [0.1, 0.15) is 10.4 Å². The van der Waals surface area contributed by atoms with Gasteiger partial charge in [-0.15, -0.1) is 0 Å². The Morgan fingerprint density at radius 3 is 2.32 bits per heavy atom. The van der Waals surface area contributed by atoms with Crippen molar-refractivity contribution >= 4 is 40.8 Å². The van der Waals surface area contributed by atoms with E-state index in [1.54, 1.807) is 0 Å². The maximum Gasteiger partial charge on any atom is 0.338 e. The highest BCUT2D eigenvalue weighted by Crippen LogP contribution is 2.18. The normalized spacial score (nSPS) is 10.1. The van der Waals surface area contributed by atoms with Crippen molar-refractivity contribution in [1.29, 1.82) is 0 Å². The van der Waals surface area contributed by atoms with Crippen LogP contribution < -0.4 is 5.32 Å². The molecule has 0 saturated carbocycles. The van der Waals surface area contributed by atoms with Gasteiger partial charge < -0.3 is 10.1 Å². The molecule has 0 fully saturated rings. The SMILES string of the molecule is O=C(COC(=O)c1ccc(Cl)cc1)Nc1ccc(Cl)cc1F. The Balaban J connectivity index is 1.89. The highest BCUT2D eigenvalue weighted by molar-refractivity contribution is 6.31. The van der Waals surface area contributed by atoms with Gasteiger partial charge in [0.25, 0.3) is 5.91 Å². The molecule has 0 atom stereocenters. The number of carbonyl (C=O) groups excluding carboxylic acids is 2. The van der Waals surface area contributed by atoms with E-state index in [0.29, 0.717) is 5.02 Å². The minimum Gasteiger partial charge on any atom is -0.452 e. The first kappa shape index (κ1) is 16.3. The number of ether oxygens (including phenoxy) is 1. The first-order chi connectivity index (χ1) is 10.5. The van der Waals surface area contributed by atoms with Crippen LogP contribution in [-0.2, 0) is 9.53 Å². The summed E-state index contributed by atoms with van der Waals surface area (Å²) in [7, 11) is 0. The van der Waals surface area contributed by atoms with Gasteiger partial charge in [-0.05, 0) is 42.5 Å². The zero-order chi connectivity index (χ0) is 16.1. The second kappa shape index (κ2) is 7.24. The first-order valence-electron chi connectivity index (χ1n) is 6.13. The third-order valence-corrected chi connectivity index (χ3v) is 3.11. The molecule has 114 valence electrons. The topological polar surface area (TPSA) is 55.4 Å². The zero-order valence-corrected chi connectivity index (χ0v) is 12.6. The molecule has 0 aliphatic rings. The number of nitrogens with one attached hydrogen (secondary N) is 1. The molecule has 1 N–H and O–H groups in total. The van der Waals surface area contributed by atoms with E-state index in [2.05, 4.69) is 5.32 Å². The molecule has 0 radical (unpaired) electrons. The van der Waals surface area contributed by atoms with Crippen LogP contribution in [0.2, 0.25) is 10.0 Å².